The summed E-state index contributed by atoms with van der Waals surface area (Å²) in [6.45, 7) is 3.32. The second-order valence-electron chi connectivity index (χ2n) is 9.27. The predicted molar refractivity (Wildman–Crippen MR) is 117 cm³/mol. The maximum absolute atomic E-state index is 13.2. The van der Waals surface area contributed by atoms with Crippen LogP contribution in [0.2, 0.25) is 0 Å². The summed E-state index contributed by atoms with van der Waals surface area (Å²) in [5.74, 6) is 0.0789. The van der Waals surface area contributed by atoms with Gasteiger partial charge in [0.2, 0.25) is 5.91 Å². The lowest BCUT2D eigenvalue weighted by Gasteiger charge is -2.41. The van der Waals surface area contributed by atoms with E-state index in [-0.39, 0.29) is 29.5 Å². The molecule has 3 aliphatic rings. The summed E-state index contributed by atoms with van der Waals surface area (Å²) in [7, 11) is 0. The van der Waals surface area contributed by atoms with E-state index in [1.807, 2.05) is 0 Å². The number of hydrogen-bond acceptors (Lipinski definition) is 4. The fraction of sp³-hybridized carbons (Fsp3) is 0.667. The normalized spacial score (nSPS) is 23.6. The topological polar surface area (TPSA) is 61.9 Å². The standard InChI is InChI=1S/C24H32F3N3O3/c25-24(26,27)19-9-7-18(8-10-19)23(32)30-13-11-29(12-14-30)21(17-4-1-2-5-17)22(31)28-16-20-6-3-15-33-20/h7-10,17,20-21H,1-6,11-16H2,(H,28,31)/t20-,21-/m1/s1. The molecule has 1 saturated carbocycles. The number of alkyl halides is 3. The summed E-state index contributed by atoms with van der Waals surface area (Å²) in [5, 5.41) is 3.10. The number of hydrogen-bond donors (Lipinski definition) is 1. The van der Waals surface area contributed by atoms with E-state index in [1.165, 1.54) is 12.1 Å². The maximum atomic E-state index is 13.2. The van der Waals surface area contributed by atoms with Gasteiger partial charge in [-0.25, -0.2) is 0 Å². The molecule has 2 saturated heterocycles. The van der Waals surface area contributed by atoms with Crippen LogP contribution in [0.5, 0.6) is 0 Å². The zero-order valence-electron chi connectivity index (χ0n) is 18.8. The van der Waals surface area contributed by atoms with E-state index >= 15 is 0 Å². The summed E-state index contributed by atoms with van der Waals surface area (Å²) in [5.41, 5.74) is -0.518. The van der Waals surface area contributed by atoms with Gasteiger partial charge in [0.1, 0.15) is 0 Å². The second-order valence-corrected chi connectivity index (χ2v) is 9.27. The molecule has 1 aliphatic carbocycles. The number of nitrogens with one attached hydrogen (secondary N) is 1. The van der Waals surface area contributed by atoms with Crippen LogP contribution in [0.3, 0.4) is 0 Å². The van der Waals surface area contributed by atoms with Gasteiger partial charge in [-0.15, -0.1) is 0 Å². The van der Waals surface area contributed by atoms with Crippen molar-refractivity contribution < 1.29 is 27.5 Å². The van der Waals surface area contributed by atoms with E-state index in [9.17, 15) is 22.8 Å². The molecule has 2 aliphatic heterocycles. The number of ether oxygens (including phenoxy) is 1. The summed E-state index contributed by atoms with van der Waals surface area (Å²) < 4.78 is 44.0. The Morgan fingerprint density at radius 3 is 2.24 bits per heavy atom. The third-order valence-electron chi connectivity index (χ3n) is 7.10. The number of carbonyl (C=O) groups excluding carboxylic acids is 2. The van der Waals surface area contributed by atoms with Crippen molar-refractivity contribution in [3.8, 4) is 0 Å². The number of halogens is 3. The van der Waals surface area contributed by atoms with Gasteiger partial charge in [0, 0.05) is 44.9 Å². The first-order valence-corrected chi connectivity index (χ1v) is 11.9. The van der Waals surface area contributed by atoms with Crippen LogP contribution in [0.15, 0.2) is 24.3 Å². The average molecular weight is 468 g/mol. The van der Waals surface area contributed by atoms with E-state index in [4.69, 9.17) is 4.74 Å². The molecular weight excluding hydrogens is 435 g/mol. The van der Waals surface area contributed by atoms with Crippen molar-refractivity contribution in [1.29, 1.82) is 0 Å². The fourth-order valence-corrected chi connectivity index (χ4v) is 5.26. The van der Waals surface area contributed by atoms with Gasteiger partial charge in [-0.05, 0) is 55.9 Å². The van der Waals surface area contributed by atoms with Crippen molar-refractivity contribution in [3.05, 3.63) is 35.4 Å². The van der Waals surface area contributed by atoms with Crippen molar-refractivity contribution in [2.24, 2.45) is 5.92 Å². The van der Waals surface area contributed by atoms with Crippen LogP contribution >= 0.6 is 0 Å². The Bertz CT molecular complexity index is 810. The smallest absolute Gasteiger partial charge is 0.376 e. The quantitative estimate of drug-likeness (QED) is 0.698. The third kappa shape index (κ3) is 5.87. The molecule has 1 aromatic carbocycles. The molecule has 0 aromatic heterocycles. The highest BCUT2D eigenvalue weighted by molar-refractivity contribution is 5.94. The van der Waals surface area contributed by atoms with Gasteiger partial charge in [0.15, 0.2) is 0 Å². The van der Waals surface area contributed by atoms with Crippen molar-refractivity contribution in [2.45, 2.75) is 56.8 Å². The fourth-order valence-electron chi connectivity index (χ4n) is 5.26. The van der Waals surface area contributed by atoms with Crippen LogP contribution in [0, 0.1) is 5.92 Å². The number of rotatable bonds is 6. The lowest BCUT2D eigenvalue weighted by atomic mass is 9.94. The van der Waals surface area contributed by atoms with Crippen LogP contribution < -0.4 is 5.32 Å². The predicted octanol–water partition coefficient (Wildman–Crippen LogP) is 3.32. The Morgan fingerprint density at radius 2 is 1.67 bits per heavy atom. The van der Waals surface area contributed by atoms with Crippen LogP contribution in [0.1, 0.15) is 54.4 Å². The van der Waals surface area contributed by atoms with Gasteiger partial charge < -0.3 is 15.0 Å². The van der Waals surface area contributed by atoms with Gasteiger partial charge in [-0.1, -0.05) is 12.8 Å². The Labute approximate surface area is 192 Å². The molecule has 0 spiro atoms. The van der Waals surface area contributed by atoms with E-state index in [0.29, 0.717) is 38.6 Å². The van der Waals surface area contributed by atoms with Gasteiger partial charge in [0.25, 0.3) is 5.91 Å². The van der Waals surface area contributed by atoms with Crippen LogP contribution in [0.25, 0.3) is 0 Å². The highest BCUT2D eigenvalue weighted by Gasteiger charge is 2.38. The maximum Gasteiger partial charge on any atom is 0.416 e. The Balaban J connectivity index is 1.35. The highest BCUT2D eigenvalue weighted by atomic mass is 19.4. The Hall–Kier alpha value is -2.13. The highest BCUT2D eigenvalue weighted by Crippen LogP contribution is 2.32. The summed E-state index contributed by atoms with van der Waals surface area (Å²) in [6, 6.07) is 4.14. The summed E-state index contributed by atoms with van der Waals surface area (Å²) in [6.07, 6.45) is 1.99. The molecule has 4 rings (SSSR count). The molecule has 6 nitrogen and oxygen atoms in total. The minimum Gasteiger partial charge on any atom is -0.376 e. The average Bonchev–Trinajstić information content (AvgIpc) is 3.52. The molecule has 182 valence electrons. The third-order valence-corrected chi connectivity index (χ3v) is 7.10. The molecule has 9 heteroatoms. The minimum atomic E-state index is -4.42. The number of nitrogens with zero attached hydrogens (tertiary/aromatic N) is 2. The van der Waals surface area contributed by atoms with Gasteiger partial charge in [-0.2, -0.15) is 13.2 Å². The van der Waals surface area contributed by atoms with Crippen molar-refractivity contribution in [2.75, 3.05) is 39.3 Å². The van der Waals surface area contributed by atoms with Crippen LogP contribution in [-0.4, -0.2) is 73.1 Å². The first kappa shape index (κ1) is 24.0. The molecule has 0 bridgehead atoms. The summed E-state index contributed by atoms with van der Waals surface area (Å²) in [4.78, 5) is 29.8. The Morgan fingerprint density at radius 1 is 1.00 bits per heavy atom. The number of carbonyl (C=O) groups is 2. The molecule has 2 heterocycles. The molecule has 1 N–H and O–H groups in total. The molecule has 0 radical (unpaired) electrons. The van der Waals surface area contributed by atoms with Crippen molar-refractivity contribution in [1.82, 2.24) is 15.1 Å². The molecule has 2 amide bonds. The van der Waals surface area contributed by atoms with E-state index in [0.717, 1.165) is 57.3 Å². The monoisotopic (exact) mass is 467 g/mol. The number of benzene rings is 1. The summed E-state index contributed by atoms with van der Waals surface area (Å²) >= 11 is 0. The minimum absolute atomic E-state index is 0.0416. The van der Waals surface area contributed by atoms with E-state index in [2.05, 4.69) is 10.2 Å². The van der Waals surface area contributed by atoms with Crippen molar-refractivity contribution >= 4 is 11.8 Å². The molecule has 2 atom stereocenters. The molecular formula is C24H32F3N3O3. The number of amides is 2. The SMILES string of the molecule is O=C(NC[C@H]1CCCO1)[C@@H](C1CCCC1)N1CCN(C(=O)c2ccc(C(F)(F)F)cc2)CC1. The first-order valence-electron chi connectivity index (χ1n) is 11.9. The number of piperazine rings is 1. The lowest BCUT2D eigenvalue weighted by molar-refractivity contribution is -0.137. The van der Waals surface area contributed by atoms with E-state index in [1.54, 1.807) is 4.90 Å². The zero-order valence-corrected chi connectivity index (χ0v) is 18.8. The Kier molecular flexibility index (Phi) is 7.58. The zero-order chi connectivity index (χ0) is 23.4. The van der Waals surface area contributed by atoms with Crippen LogP contribution in [-0.2, 0) is 15.7 Å². The lowest BCUT2D eigenvalue weighted by Crippen LogP contribution is -2.58. The largest absolute Gasteiger partial charge is 0.416 e. The molecule has 1 aromatic rings. The molecule has 3 fully saturated rings. The van der Waals surface area contributed by atoms with Gasteiger partial charge >= 0.3 is 6.18 Å². The molecule has 33 heavy (non-hydrogen) atoms. The van der Waals surface area contributed by atoms with Crippen molar-refractivity contribution in [3.63, 3.8) is 0 Å². The van der Waals surface area contributed by atoms with Gasteiger partial charge in [-0.3, -0.25) is 14.5 Å². The van der Waals surface area contributed by atoms with E-state index < -0.39 is 11.7 Å². The molecule has 0 unspecified atom stereocenters. The first-order chi connectivity index (χ1) is 15.8. The second kappa shape index (κ2) is 10.4. The van der Waals surface area contributed by atoms with Crippen LogP contribution in [0.4, 0.5) is 13.2 Å². The van der Waals surface area contributed by atoms with Gasteiger partial charge in [0.05, 0.1) is 17.7 Å².